The topological polar surface area (TPSA) is 78.3 Å². The van der Waals surface area contributed by atoms with Gasteiger partial charge in [-0.25, -0.2) is 9.97 Å². The van der Waals surface area contributed by atoms with Gasteiger partial charge in [-0.1, -0.05) is 25.1 Å². The molecular weight excluding hydrogens is 383 g/mol. The Morgan fingerprint density at radius 3 is 2.62 bits per heavy atom. The number of anilines is 1. The zero-order chi connectivity index (χ0) is 21.0. The third-order valence-corrected chi connectivity index (χ3v) is 5.55. The molecule has 1 aliphatic carbocycles. The fourth-order valence-corrected chi connectivity index (χ4v) is 4.21. The van der Waals surface area contributed by atoms with Gasteiger partial charge in [0.2, 0.25) is 0 Å². The minimum absolute atomic E-state index is 0.0806. The Bertz CT molecular complexity index is 1090. The van der Waals surface area contributed by atoms with Gasteiger partial charge in [0.05, 0.1) is 11.6 Å². The predicted molar refractivity (Wildman–Crippen MR) is 103 cm³/mol. The Morgan fingerprint density at radius 1 is 1.17 bits per heavy atom. The molecule has 0 aliphatic heterocycles. The molecule has 8 heteroatoms. The standard InChI is InChI=1S/C21H20F3N3O2/c1-11-9-20(29,21(22,23)24)19(13-5-3-8-17(28)18(11)13)27-16-7-4-6-15-14(16)10-25-12(2)26-15/h3-8,10-11,19,27-29H,9H2,1-2H3/t11-,19+,20+/m1/s1. The second kappa shape index (κ2) is 6.59. The van der Waals surface area contributed by atoms with Gasteiger partial charge in [0, 0.05) is 22.8 Å². The summed E-state index contributed by atoms with van der Waals surface area (Å²) in [4.78, 5) is 8.45. The first-order valence-electron chi connectivity index (χ1n) is 9.21. The molecule has 2 aromatic carbocycles. The Morgan fingerprint density at radius 2 is 1.90 bits per heavy atom. The highest BCUT2D eigenvalue weighted by Crippen LogP contribution is 2.54. The van der Waals surface area contributed by atoms with Crippen molar-refractivity contribution < 1.29 is 23.4 Å². The smallest absolute Gasteiger partial charge is 0.419 e. The van der Waals surface area contributed by atoms with E-state index in [2.05, 4.69) is 15.3 Å². The summed E-state index contributed by atoms with van der Waals surface area (Å²) in [6, 6.07) is 7.97. The van der Waals surface area contributed by atoms with E-state index in [0.29, 0.717) is 28.0 Å². The summed E-state index contributed by atoms with van der Waals surface area (Å²) >= 11 is 0. The molecule has 1 aliphatic rings. The monoisotopic (exact) mass is 403 g/mol. The van der Waals surface area contributed by atoms with Crippen LogP contribution in [0.15, 0.2) is 42.6 Å². The number of aromatic hydroxyl groups is 1. The van der Waals surface area contributed by atoms with Crippen LogP contribution in [0.5, 0.6) is 5.75 Å². The molecule has 1 heterocycles. The summed E-state index contributed by atoms with van der Waals surface area (Å²) in [6.45, 7) is 3.30. The number of rotatable bonds is 2. The molecular formula is C21H20F3N3O2. The van der Waals surface area contributed by atoms with Gasteiger partial charge in [0.15, 0.2) is 5.60 Å². The highest BCUT2D eigenvalue weighted by molar-refractivity contribution is 5.91. The first-order chi connectivity index (χ1) is 13.6. The molecule has 3 aromatic rings. The summed E-state index contributed by atoms with van der Waals surface area (Å²) in [5, 5.41) is 24.6. The number of halogens is 3. The van der Waals surface area contributed by atoms with Crippen LogP contribution < -0.4 is 5.32 Å². The molecule has 0 spiro atoms. The van der Waals surface area contributed by atoms with Crippen molar-refractivity contribution in [3.8, 4) is 5.75 Å². The molecule has 29 heavy (non-hydrogen) atoms. The van der Waals surface area contributed by atoms with Crippen LogP contribution in [-0.2, 0) is 0 Å². The van der Waals surface area contributed by atoms with Crippen molar-refractivity contribution in [1.82, 2.24) is 9.97 Å². The number of hydrogen-bond donors (Lipinski definition) is 3. The second-order valence-corrected chi connectivity index (χ2v) is 7.54. The number of benzene rings is 2. The van der Waals surface area contributed by atoms with Crippen LogP contribution in [-0.4, -0.2) is 32.0 Å². The number of aryl methyl sites for hydroxylation is 1. The van der Waals surface area contributed by atoms with Crippen LogP contribution in [0.2, 0.25) is 0 Å². The Hall–Kier alpha value is -2.87. The molecule has 0 saturated carbocycles. The van der Waals surface area contributed by atoms with Gasteiger partial charge < -0.3 is 15.5 Å². The Labute approximate surface area is 165 Å². The van der Waals surface area contributed by atoms with E-state index in [-0.39, 0.29) is 11.3 Å². The molecule has 0 radical (unpaired) electrons. The number of phenols is 1. The fraction of sp³-hybridized carbons (Fsp3) is 0.333. The normalized spacial score (nSPS) is 24.3. The summed E-state index contributed by atoms with van der Waals surface area (Å²) in [5.74, 6) is -0.208. The summed E-state index contributed by atoms with van der Waals surface area (Å²) in [6.07, 6.45) is -3.90. The summed E-state index contributed by atoms with van der Waals surface area (Å²) in [5.41, 5.74) is -1.43. The van der Waals surface area contributed by atoms with Crippen molar-refractivity contribution in [2.45, 2.75) is 44.0 Å². The molecule has 0 amide bonds. The predicted octanol–water partition coefficient (Wildman–Crippen LogP) is 4.60. The molecule has 152 valence electrons. The maximum absolute atomic E-state index is 14.0. The molecule has 5 nitrogen and oxygen atoms in total. The van der Waals surface area contributed by atoms with Crippen LogP contribution in [0.25, 0.3) is 10.9 Å². The van der Waals surface area contributed by atoms with Crippen molar-refractivity contribution in [1.29, 1.82) is 0 Å². The number of phenolic OH excluding ortho intramolecular Hbond substituents is 1. The van der Waals surface area contributed by atoms with E-state index in [1.54, 1.807) is 38.2 Å². The first-order valence-corrected chi connectivity index (χ1v) is 9.21. The van der Waals surface area contributed by atoms with E-state index >= 15 is 0 Å². The van der Waals surface area contributed by atoms with Crippen LogP contribution in [0.3, 0.4) is 0 Å². The van der Waals surface area contributed by atoms with E-state index in [9.17, 15) is 23.4 Å². The molecule has 3 N–H and O–H groups in total. The Balaban J connectivity index is 1.90. The Kier molecular flexibility index (Phi) is 4.42. The quantitative estimate of drug-likeness (QED) is 0.583. The highest BCUT2D eigenvalue weighted by Gasteiger charge is 2.62. The van der Waals surface area contributed by atoms with Gasteiger partial charge in [-0.15, -0.1) is 0 Å². The third-order valence-electron chi connectivity index (χ3n) is 5.55. The molecule has 0 bridgehead atoms. The van der Waals surface area contributed by atoms with Crippen LogP contribution >= 0.6 is 0 Å². The lowest BCUT2D eigenvalue weighted by molar-refractivity contribution is -0.272. The minimum Gasteiger partial charge on any atom is -0.508 e. The molecule has 0 fully saturated rings. The molecule has 1 aromatic heterocycles. The largest absolute Gasteiger partial charge is 0.508 e. The highest BCUT2D eigenvalue weighted by atomic mass is 19.4. The first kappa shape index (κ1) is 19.4. The van der Waals surface area contributed by atoms with Crippen molar-refractivity contribution >= 4 is 16.6 Å². The van der Waals surface area contributed by atoms with E-state index < -0.39 is 30.2 Å². The van der Waals surface area contributed by atoms with Crippen molar-refractivity contribution in [3.05, 3.63) is 59.5 Å². The van der Waals surface area contributed by atoms with Crippen molar-refractivity contribution in [2.24, 2.45) is 0 Å². The lowest BCUT2D eigenvalue weighted by Gasteiger charge is -2.45. The van der Waals surface area contributed by atoms with E-state index in [4.69, 9.17) is 0 Å². The molecule has 3 atom stereocenters. The van der Waals surface area contributed by atoms with E-state index in [1.165, 1.54) is 18.2 Å². The average Bonchev–Trinajstić information content (AvgIpc) is 2.63. The van der Waals surface area contributed by atoms with Gasteiger partial charge >= 0.3 is 6.18 Å². The van der Waals surface area contributed by atoms with Crippen molar-refractivity contribution in [2.75, 3.05) is 5.32 Å². The van der Waals surface area contributed by atoms with Crippen LogP contribution in [0, 0.1) is 6.92 Å². The maximum atomic E-state index is 14.0. The molecule has 0 saturated heterocycles. The minimum atomic E-state index is -4.88. The number of aliphatic hydroxyl groups is 1. The molecule has 0 unspecified atom stereocenters. The number of hydrogen-bond acceptors (Lipinski definition) is 5. The number of fused-ring (bicyclic) bond motifs is 2. The summed E-state index contributed by atoms with van der Waals surface area (Å²) < 4.78 is 42.1. The lowest BCUT2D eigenvalue weighted by Crippen LogP contribution is -2.55. The van der Waals surface area contributed by atoms with Gasteiger partial charge in [-0.05, 0) is 43.0 Å². The van der Waals surface area contributed by atoms with E-state index in [0.717, 1.165) is 0 Å². The second-order valence-electron chi connectivity index (χ2n) is 7.54. The lowest BCUT2D eigenvalue weighted by atomic mass is 9.70. The zero-order valence-electron chi connectivity index (χ0n) is 15.8. The van der Waals surface area contributed by atoms with Gasteiger partial charge in [-0.3, -0.25) is 0 Å². The SMILES string of the molecule is Cc1ncc2c(N[C@H]3c4cccc(O)c4[C@H](C)C[C@@]3(O)C(F)(F)F)cccc2n1. The molecule has 4 rings (SSSR count). The number of nitrogens with one attached hydrogen (secondary N) is 1. The number of aromatic nitrogens is 2. The zero-order valence-corrected chi connectivity index (χ0v) is 15.8. The van der Waals surface area contributed by atoms with Crippen LogP contribution in [0.1, 0.15) is 42.3 Å². The van der Waals surface area contributed by atoms with Gasteiger partial charge in [0.1, 0.15) is 11.6 Å². The number of alkyl halides is 3. The van der Waals surface area contributed by atoms with Crippen molar-refractivity contribution in [3.63, 3.8) is 0 Å². The maximum Gasteiger partial charge on any atom is 0.419 e. The number of nitrogens with zero attached hydrogens (tertiary/aromatic N) is 2. The third kappa shape index (κ3) is 3.07. The average molecular weight is 403 g/mol. The van der Waals surface area contributed by atoms with E-state index in [1.807, 2.05) is 0 Å². The van der Waals surface area contributed by atoms with Crippen LogP contribution in [0.4, 0.5) is 18.9 Å². The van der Waals surface area contributed by atoms with Gasteiger partial charge in [0.25, 0.3) is 0 Å². The fourth-order valence-electron chi connectivity index (χ4n) is 4.21. The van der Waals surface area contributed by atoms with Gasteiger partial charge in [-0.2, -0.15) is 13.2 Å². The summed E-state index contributed by atoms with van der Waals surface area (Å²) in [7, 11) is 0.